The molecular formula is C29H34BrFN4O4. The van der Waals surface area contributed by atoms with Crippen LogP contribution in [-0.4, -0.2) is 56.4 Å². The number of aromatic nitrogens is 2. The normalized spacial score (nSPS) is 20.4. The number of anilines is 1. The fourth-order valence-corrected chi connectivity index (χ4v) is 6.11. The largest absolute Gasteiger partial charge is 0.444 e. The van der Waals surface area contributed by atoms with Crippen molar-refractivity contribution < 1.29 is 23.8 Å². The summed E-state index contributed by atoms with van der Waals surface area (Å²) in [7, 11) is 0. The van der Waals surface area contributed by atoms with Crippen molar-refractivity contribution in [2.24, 2.45) is 0 Å². The third kappa shape index (κ3) is 5.96. The summed E-state index contributed by atoms with van der Waals surface area (Å²) >= 11 is 3.28. The number of nitrogens with zero attached hydrogens (tertiary/aromatic N) is 3. The second-order valence-corrected chi connectivity index (χ2v) is 12.3. The molecule has 1 saturated carbocycles. The van der Waals surface area contributed by atoms with Crippen LogP contribution >= 0.6 is 15.9 Å². The number of carbonyl (C=O) groups is 2. The zero-order valence-corrected chi connectivity index (χ0v) is 24.0. The molecule has 0 radical (unpaired) electrons. The molecular weight excluding hydrogens is 567 g/mol. The Morgan fingerprint density at radius 1 is 1.13 bits per heavy atom. The highest BCUT2D eigenvalue weighted by atomic mass is 79.9. The van der Waals surface area contributed by atoms with Crippen molar-refractivity contribution in [3.63, 3.8) is 0 Å². The molecule has 2 fully saturated rings. The second kappa shape index (κ2) is 10.9. The van der Waals surface area contributed by atoms with Gasteiger partial charge >= 0.3 is 6.09 Å². The van der Waals surface area contributed by atoms with E-state index in [1.165, 1.54) is 12.1 Å². The van der Waals surface area contributed by atoms with Crippen LogP contribution in [0.3, 0.4) is 0 Å². The standard InChI is InChI=1S/C29H34BrFN4O4/c1-29(2,3)39-28(38)34-13-11-17(12-14-34)18-7-10-23-24(15-18)35(19-8-9-20(36)16-19)27(32-23)33-26(37)25-21(30)5-4-6-22(25)31/h4-7,10,15,17,19-20,36H,8-9,11-14,16H2,1-3H3,(H,32,33,37). The summed E-state index contributed by atoms with van der Waals surface area (Å²) in [5.41, 5.74) is 2.11. The summed E-state index contributed by atoms with van der Waals surface area (Å²) in [5.74, 6) is -0.621. The van der Waals surface area contributed by atoms with Crippen molar-refractivity contribution in [1.82, 2.24) is 14.5 Å². The van der Waals surface area contributed by atoms with Crippen molar-refractivity contribution in [1.29, 1.82) is 0 Å². The number of piperidine rings is 1. The summed E-state index contributed by atoms with van der Waals surface area (Å²) in [6.45, 7) is 6.83. The number of amides is 2. The third-order valence-corrected chi connectivity index (χ3v) is 8.15. The number of carbonyl (C=O) groups excluding carboxylic acids is 2. The first kappa shape index (κ1) is 27.6. The van der Waals surface area contributed by atoms with Gasteiger partial charge in [-0.2, -0.15) is 0 Å². The molecule has 0 bridgehead atoms. The van der Waals surface area contributed by atoms with E-state index in [9.17, 15) is 19.1 Å². The zero-order valence-electron chi connectivity index (χ0n) is 22.4. The minimum atomic E-state index is -0.624. The molecule has 1 aliphatic heterocycles. The van der Waals surface area contributed by atoms with Crippen molar-refractivity contribution in [3.8, 4) is 0 Å². The van der Waals surface area contributed by atoms with Gasteiger partial charge in [-0.3, -0.25) is 10.1 Å². The van der Waals surface area contributed by atoms with Crippen LogP contribution < -0.4 is 5.32 Å². The lowest BCUT2D eigenvalue weighted by molar-refractivity contribution is 0.0204. The molecule has 208 valence electrons. The SMILES string of the molecule is CC(C)(C)OC(=O)N1CCC(c2ccc3nc(NC(=O)c4c(F)cccc4Br)n(C4CCC(O)C4)c3c2)CC1. The second-order valence-electron chi connectivity index (χ2n) is 11.5. The smallest absolute Gasteiger partial charge is 0.410 e. The number of rotatable bonds is 4. The Labute approximate surface area is 235 Å². The number of hydrogen-bond acceptors (Lipinski definition) is 5. The van der Waals surface area contributed by atoms with E-state index in [4.69, 9.17) is 9.72 Å². The Bertz CT molecular complexity index is 1370. The lowest BCUT2D eigenvalue weighted by Gasteiger charge is -2.33. The molecule has 1 aliphatic carbocycles. The van der Waals surface area contributed by atoms with Crippen LogP contribution in [0, 0.1) is 5.82 Å². The maximum atomic E-state index is 14.5. The number of imidazole rings is 1. The molecule has 2 heterocycles. The van der Waals surface area contributed by atoms with Gasteiger partial charge in [-0.1, -0.05) is 12.1 Å². The van der Waals surface area contributed by atoms with Crippen molar-refractivity contribution in [2.45, 2.75) is 76.5 Å². The van der Waals surface area contributed by atoms with Gasteiger partial charge in [0.2, 0.25) is 5.95 Å². The molecule has 2 unspecified atom stereocenters. The van der Waals surface area contributed by atoms with E-state index >= 15 is 0 Å². The molecule has 8 nitrogen and oxygen atoms in total. The van der Waals surface area contributed by atoms with Crippen molar-refractivity contribution in [3.05, 3.63) is 57.8 Å². The number of aliphatic hydroxyl groups excluding tert-OH is 1. The topological polar surface area (TPSA) is 96.7 Å². The molecule has 1 saturated heterocycles. The van der Waals surface area contributed by atoms with Gasteiger partial charge < -0.3 is 19.3 Å². The maximum Gasteiger partial charge on any atom is 0.410 e. The molecule has 2 amide bonds. The first-order valence-electron chi connectivity index (χ1n) is 13.4. The first-order valence-corrected chi connectivity index (χ1v) is 14.2. The predicted molar refractivity (Wildman–Crippen MR) is 150 cm³/mol. The van der Waals surface area contributed by atoms with E-state index in [0.29, 0.717) is 41.9 Å². The van der Waals surface area contributed by atoms with Gasteiger partial charge in [-0.05, 0) is 105 Å². The zero-order chi connectivity index (χ0) is 27.9. The van der Waals surface area contributed by atoms with Crippen LogP contribution in [-0.2, 0) is 4.74 Å². The fraction of sp³-hybridized carbons (Fsp3) is 0.483. The van der Waals surface area contributed by atoms with Crippen LogP contribution in [0.1, 0.15) is 80.8 Å². The average molecular weight is 602 g/mol. The highest BCUT2D eigenvalue weighted by Gasteiger charge is 2.31. The number of halogens is 2. The van der Waals surface area contributed by atoms with Crippen LogP contribution in [0.4, 0.5) is 15.1 Å². The third-order valence-electron chi connectivity index (χ3n) is 7.49. The van der Waals surface area contributed by atoms with Gasteiger partial charge in [0.25, 0.3) is 5.91 Å². The minimum Gasteiger partial charge on any atom is -0.444 e. The van der Waals surface area contributed by atoms with Crippen LogP contribution in [0.2, 0.25) is 0 Å². The number of aliphatic hydroxyl groups is 1. The first-order chi connectivity index (χ1) is 18.5. The van der Waals surface area contributed by atoms with Crippen molar-refractivity contribution in [2.75, 3.05) is 18.4 Å². The van der Waals surface area contributed by atoms with Gasteiger partial charge in [0, 0.05) is 23.6 Å². The molecule has 10 heteroatoms. The fourth-order valence-electron chi connectivity index (χ4n) is 5.59. The van der Waals surface area contributed by atoms with Gasteiger partial charge in [-0.15, -0.1) is 0 Å². The predicted octanol–water partition coefficient (Wildman–Crippen LogP) is 6.39. The number of ether oxygens (including phenoxy) is 1. The molecule has 0 spiro atoms. The number of likely N-dealkylation sites (tertiary alicyclic amines) is 1. The lowest BCUT2D eigenvalue weighted by atomic mass is 9.89. The lowest BCUT2D eigenvalue weighted by Crippen LogP contribution is -2.41. The Balaban J connectivity index is 1.42. The van der Waals surface area contributed by atoms with Crippen LogP contribution in [0.25, 0.3) is 11.0 Å². The Hall–Kier alpha value is -2.98. The van der Waals surface area contributed by atoms with E-state index in [2.05, 4.69) is 33.4 Å². The molecule has 1 aromatic heterocycles. The Morgan fingerprint density at radius 2 is 1.87 bits per heavy atom. The highest BCUT2D eigenvalue weighted by Crippen LogP contribution is 2.38. The van der Waals surface area contributed by atoms with E-state index in [1.807, 2.05) is 31.4 Å². The monoisotopic (exact) mass is 600 g/mol. The Kier molecular flexibility index (Phi) is 7.70. The molecule has 2 aromatic carbocycles. The van der Waals surface area contributed by atoms with Gasteiger partial charge in [-0.25, -0.2) is 14.2 Å². The van der Waals surface area contributed by atoms with E-state index in [-0.39, 0.29) is 23.6 Å². The summed E-state index contributed by atoms with van der Waals surface area (Å²) in [5, 5.41) is 13.1. The van der Waals surface area contributed by atoms with E-state index in [1.54, 1.807) is 11.0 Å². The number of fused-ring (bicyclic) bond motifs is 1. The highest BCUT2D eigenvalue weighted by molar-refractivity contribution is 9.10. The number of nitrogens with one attached hydrogen (secondary N) is 1. The quantitative estimate of drug-likeness (QED) is 0.361. The molecule has 2 N–H and O–H groups in total. The summed E-state index contributed by atoms with van der Waals surface area (Å²) < 4.78 is 22.4. The van der Waals surface area contributed by atoms with Gasteiger partial charge in [0.05, 0.1) is 22.7 Å². The minimum absolute atomic E-state index is 0.0476. The van der Waals surface area contributed by atoms with E-state index in [0.717, 1.165) is 30.3 Å². The average Bonchev–Trinajstić information content (AvgIpc) is 3.45. The van der Waals surface area contributed by atoms with Crippen molar-refractivity contribution >= 4 is 44.9 Å². The molecule has 2 aliphatic rings. The van der Waals surface area contributed by atoms with Crippen LogP contribution in [0.5, 0.6) is 0 Å². The molecule has 5 rings (SSSR count). The summed E-state index contributed by atoms with van der Waals surface area (Å²) in [4.78, 5) is 32.1. The molecule has 3 aromatic rings. The summed E-state index contributed by atoms with van der Waals surface area (Å²) in [6.07, 6.45) is 2.89. The number of benzene rings is 2. The van der Waals surface area contributed by atoms with Crippen LogP contribution in [0.15, 0.2) is 40.9 Å². The molecule has 39 heavy (non-hydrogen) atoms. The summed E-state index contributed by atoms with van der Waals surface area (Å²) in [6, 6.07) is 10.5. The number of hydrogen-bond donors (Lipinski definition) is 2. The Morgan fingerprint density at radius 3 is 2.51 bits per heavy atom. The van der Waals surface area contributed by atoms with Gasteiger partial charge in [0.15, 0.2) is 0 Å². The maximum absolute atomic E-state index is 14.5. The van der Waals surface area contributed by atoms with Gasteiger partial charge in [0.1, 0.15) is 11.4 Å². The van der Waals surface area contributed by atoms with E-state index < -0.39 is 23.4 Å². The molecule has 2 atom stereocenters.